The quantitative estimate of drug-likeness (QED) is 0.271. The van der Waals surface area contributed by atoms with E-state index < -0.39 is 15.9 Å². The predicted octanol–water partition coefficient (Wildman–Crippen LogP) is 6.30. The highest BCUT2D eigenvalue weighted by Gasteiger charge is 2.26. The summed E-state index contributed by atoms with van der Waals surface area (Å²) in [6, 6.07) is 24.5. The van der Waals surface area contributed by atoms with Gasteiger partial charge in [-0.15, -0.1) is 11.3 Å². The molecular formula is C27H21FN2O3S2. The van der Waals surface area contributed by atoms with Crippen molar-refractivity contribution < 1.29 is 17.5 Å². The van der Waals surface area contributed by atoms with Crippen LogP contribution in [0.2, 0.25) is 0 Å². The largest absolute Gasteiger partial charge is 0.368 e. The second-order valence-electron chi connectivity index (χ2n) is 8.05. The van der Waals surface area contributed by atoms with Crippen molar-refractivity contribution in [3.8, 4) is 21.7 Å². The third kappa shape index (κ3) is 4.60. The molecule has 0 saturated heterocycles. The summed E-state index contributed by atoms with van der Waals surface area (Å²) in [6.07, 6.45) is 0.616. The summed E-state index contributed by atoms with van der Waals surface area (Å²) >= 11 is 1.34. The molecule has 5 nitrogen and oxygen atoms in total. The smallest absolute Gasteiger partial charge is 0.176 e. The molecule has 0 amide bonds. The summed E-state index contributed by atoms with van der Waals surface area (Å²) in [5.74, 6) is -0.363. The number of rotatable bonds is 6. The van der Waals surface area contributed by atoms with Crippen LogP contribution in [0.5, 0.6) is 0 Å². The van der Waals surface area contributed by atoms with Crippen molar-refractivity contribution in [2.24, 2.45) is 0 Å². The van der Waals surface area contributed by atoms with Gasteiger partial charge in [-0.1, -0.05) is 42.5 Å². The third-order valence-electron chi connectivity index (χ3n) is 5.64. The first-order chi connectivity index (χ1) is 16.8. The minimum atomic E-state index is -3.51. The SMILES string of the molecule is COC(c1ccc2ccccc2n1)c1nc(-c2ccc(F)cc2)c(-c2ccccc2S(C)(=O)=O)s1. The van der Waals surface area contributed by atoms with Crippen molar-refractivity contribution >= 4 is 32.1 Å². The first-order valence-corrected chi connectivity index (χ1v) is 13.5. The van der Waals surface area contributed by atoms with Crippen LogP contribution in [0.1, 0.15) is 16.8 Å². The predicted molar refractivity (Wildman–Crippen MR) is 137 cm³/mol. The fourth-order valence-corrected chi connectivity index (χ4v) is 6.17. The highest BCUT2D eigenvalue weighted by molar-refractivity contribution is 7.90. The maximum Gasteiger partial charge on any atom is 0.176 e. The van der Waals surface area contributed by atoms with Gasteiger partial charge in [0.15, 0.2) is 15.9 Å². The van der Waals surface area contributed by atoms with Crippen LogP contribution < -0.4 is 0 Å². The zero-order chi connectivity index (χ0) is 24.6. The number of pyridine rings is 1. The van der Waals surface area contributed by atoms with E-state index in [0.29, 0.717) is 32.4 Å². The van der Waals surface area contributed by atoms with Gasteiger partial charge in [-0.2, -0.15) is 0 Å². The fraction of sp³-hybridized carbons (Fsp3) is 0.111. The van der Waals surface area contributed by atoms with E-state index in [1.54, 1.807) is 43.5 Å². The number of para-hydroxylation sites is 1. The zero-order valence-electron chi connectivity index (χ0n) is 19.0. The monoisotopic (exact) mass is 504 g/mol. The summed E-state index contributed by atoms with van der Waals surface area (Å²) in [5.41, 5.74) is 3.30. The molecule has 5 aromatic rings. The summed E-state index contributed by atoms with van der Waals surface area (Å²) in [6.45, 7) is 0. The zero-order valence-corrected chi connectivity index (χ0v) is 20.6. The van der Waals surface area contributed by atoms with Crippen LogP contribution in [0.25, 0.3) is 32.6 Å². The summed E-state index contributed by atoms with van der Waals surface area (Å²) in [7, 11) is -1.92. The van der Waals surface area contributed by atoms with Gasteiger partial charge < -0.3 is 4.74 Å². The molecule has 2 aromatic heterocycles. The van der Waals surface area contributed by atoms with Gasteiger partial charge in [0.2, 0.25) is 0 Å². The van der Waals surface area contributed by atoms with Crippen molar-refractivity contribution in [2.75, 3.05) is 13.4 Å². The van der Waals surface area contributed by atoms with Crippen molar-refractivity contribution in [1.82, 2.24) is 9.97 Å². The molecule has 0 bridgehead atoms. The van der Waals surface area contributed by atoms with Crippen LogP contribution in [0.15, 0.2) is 89.8 Å². The molecule has 0 radical (unpaired) electrons. The summed E-state index contributed by atoms with van der Waals surface area (Å²) in [4.78, 5) is 10.5. The number of halogens is 1. The van der Waals surface area contributed by atoms with E-state index >= 15 is 0 Å². The number of aromatic nitrogens is 2. The molecule has 0 aliphatic rings. The van der Waals surface area contributed by atoms with Crippen molar-refractivity contribution in [3.05, 3.63) is 101 Å². The molecule has 0 aliphatic heterocycles. The minimum absolute atomic E-state index is 0.205. The van der Waals surface area contributed by atoms with Crippen LogP contribution in [0.4, 0.5) is 4.39 Å². The van der Waals surface area contributed by atoms with Gasteiger partial charge >= 0.3 is 0 Å². The number of fused-ring (bicyclic) bond motifs is 1. The average molecular weight is 505 g/mol. The number of ether oxygens (including phenoxy) is 1. The Balaban J connectivity index is 1.71. The van der Waals surface area contributed by atoms with E-state index in [4.69, 9.17) is 14.7 Å². The number of nitrogens with zero attached hydrogens (tertiary/aromatic N) is 2. The van der Waals surface area contributed by atoms with Crippen molar-refractivity contribution in [2.45, 2.75) is 11.0 Å². The number of benzene rings is 3. The van der Waals surface area contributed by atoms with Gasteiger partial charge in [-0.05, 0) is 42.5 Å². The molecule has 0 aliphatic carbocycles. The minimum Gasteiger partial charge on any atom is -0.368 e. The van der Waals surface area contributed by atoms with Gasteiger partial charge in [-0.25, -0.2) is 22.8 Å². The Morgan fingerprint density at radius 2 is 1.60 bits per heavy atom. The van der Waals surface area contributed by atoms with Gasteiger partial charge in [0, 0.05) is 29.9 Å². The Bertz CT molecular complexity index is 1630. The van der Waals surface area contributed by atoms with Crippen LogP contribution in [-0.4, -0.2) is 31.8 Å². The highest BCUT2D eigenvalue weighted by Crippen LogP contribution is 2.43. The maximum absolute atomic E-state index is 13.7. The van der Waals surface area contributed by atoms with Gasteiger partial charge in [-0.3, -0.25) is 0 Å². The van der Waals surface area contributed by atoms with E-state index in [1.165, 1.54) is 29.7 Å². The van der Waals surface area contributed by atoms with Gasteiger partial charge in [0.25, 0.3) is 0 Å². The lowest BCUT2D eigenvalue weighted by atomic mass is 10.1. The molecule has 35 heavy (non-hydrogen) atoms. The average Bonchev–Trinajstić information content (AvgIpc) is 3.29. The first kappa shape index (κ1) is 23.3. The Labute approximate surface area is 206 Å². The van der Waals surface area contributed by atoms with Crippen LogP contribution in [0, 0.1) is 5.82 Å². The molecule has 0 saturated carbocycles. The first-order valence-electron chi connectivity index (χ1n) is 10.8. The number of thiazole rings is 1. The van der Waals surface area contributed by atoms with Gasteiger partial charge in [0.05, 0.1) is 26.7 Å². The maximum atomic E-state index is 13.7. The molecular weight excluding hydrogens is 483 g/mol. The van der Waals surface area contributed by atoms with E-state index in [-0.39, 0.29) is 10.7 Å². The second-order valence-corrected chi connectivity index (χ2v) is 11.1. The molecule has 176 valence electrons. The van der Waals surface area contributed by atoms with Crippen LogP contribution in [0.3, 0.4) is 0 Å². The number of methoxy groups -OCH3 is 1. The molecule has 1 unspecified atom stereocenters. The Hall–Kier alpha value is -3.46. The van der Waals surface area contributed by atoms with Crippen LogP contribution >= 0.6 is 11.3 Å². The lowest BCUT2D eigenvalue weighted by Crippen LogP contribution is -2.05. The third-order valence-corrected chi connectivity index (χ3v) is 7.93. The fourth-order valence-electron chi connectivity index (χ4n) is 3.99. The standard InChI is InChI=1S/C27H21FN2O3S2/c1-33-25(22-16-13-17-7-3-5-9-21(17)29-22)27-30-24(18-11-14-19(28)15-12-18)26(34-27)20-8-4-6-10-23(20)35(2,31)32/h3-16,25H,1-2H3. The Kier molecular flexibility index (Phi) is 6.19. The number of hydrogen-bond donors (Lipinski definition) is 0. The second kappa shape index (κ2) is 9.30. The van der Waals surface area contributed by atoms with Crippen molar-refractivity contribution in [1.29, 1.82) is 0 Å². The number of hydrogen-bond acceptors (Lipinski definition) is 6. The topological polar surface area (TPSA) is 69.2 Å². The molecule has 0 N–H and O–H groups in total. The van der Waals surface area contributed by atoms with Crippen molar-refractivity contribution in [3.63, 3.8) is 0 Å². The lowest BCUT2D eigenvalue weighted by Gasteiger charge is -2.12. The van der Waals surface area contributed by atoms with Crippen LogP contribution in [-0.2, 0) is 14.6 Å². The van der Waals surface area contributed by atoms with E-state index in [0.717, 1.165) is 10.9 Å². The lowest BCUT2D eigenvalue weighted by molar-refractivity contribution is 0.133. The molecule has 0 spiro atoms. The molecule has 3 aromatic carbocycles. The Morgan fingerprint density at radius 3 is 2.34 bits per heavy atom. The molecule has 1 atom stereocenters. The molecule has 5 rings (SSSR count). The highest BCUT2D eigenvalue weighted by atomic mass is 32.2. The summed E-state index contributed by atoms with van der Waals surface area (Å²) in [5, 5.41) is 1.63. The normalized spacial score (nSPS) is 12.7. The van der Waals surface area contributed by atoms with E-state index in [9.17, 15) is 12.8 Å². The van der Waals surface area contributed by atoms with E-state index in [1.807, 2.05) is 36.4 Å². The van der Waals surface area contributed by atoms with Gasteiger partial charge in [0.1, 0.15) is 10.8 Å². The molecule has 8 heteroatoms. The van der Waals surface area contributed by atoms with E-state index in [2.05, 4.69) is 0 Å². The number of sulfone groups is 1. The Morgan fingerprint density at radius 1 is 0.886 bits per heavy atom. The molecule has 0 fully saturated rings. The molecule has 2 heterocycles. The summed E-state index contributed by atoms with van der Waals surface area (Å²) < 4.78 is 44.6.